The van der Waals surface area contributed by atoms with Crippen LogP contribution in [0.2, 0.25) is 0 Å². The topological polar surface area (TPSA) is 118 Å². The van der Waals surface area contributed by atoms with E-state index in [4.69, 9.17) is 8.83 Å². The van der Waals surface area contributed by atoms with Crippen LogP contribution in [0.15, 0.2) is 55.1 Å². The number of rotatable bonds is 2. The van der Waals surface area contributed by atoms with Gasteiger partial charge in [-0.2, -0.15) is 0 Å². The van der Waals surface area contributed by atoms with Gasteiger partial charge in [0.25, 0.3) is 0 Å². The third kappa shape index (κ3) is 2.27. The van der Waals surface area contributed by atoms with Crippen molar-refractivity contribution >= 4 is 32.7 Å². The minimum Gasteiger partial charge on any atom is -0.422 e. The fourth-order valence-electron chi connectivity index (χ4n) is 3.99. The number of imidazole rings is 2. The van der Waals surface area contributed by atoms with Crippen LogP contribution in [0.25, 0.3) is 55.2 Å². The maximum atomic E-state index is 12.8. The highest BCUT2D eigenvalue weighted by Gasteiger charge is 2.20. The van der Waals surface area contributed by atoms with Crippen molar-refractivity contribution < 1.29 is 8.83 Å². The van der Waals surface area contributed by atoms with Crippen molar-refractivity contribution in [1.29, 1.82) is 0 Å². The van der Waals surface area contributed by atoms with Crippen LogP contribution in [0.3, 0.4) is 0 Å². The zero-order chi connectivity index (χ0) is 20.6. The average molecular weight is 398 g/mol. The van der Waals surface area contributed by atoms with Gasteiger partial charge in [0, 0.05) is 21.9 Å². The van der Waals surface area contributed by atoms with E-state index < -0.39 is 11.3 Å². The van der Waals surface area contributed by atoms with Crippen molar-refractivity contribution in [3.05, 3.63) is 69.1 Å². The Hall–Kier alpha value is -4.20. The van der Waals surface area contributed by atoms with Crippen LogP contribution >= 0.6 is 0 Å². The molecule has 4 heterocycles. The summed E-state index contributed by atoms with van der Waals surface area (Å²) < 4.78 is 11.3. The van der Waals surface area contributed by atoms with Gasteiger partial charge in [0.2, 0.25) is 0 Å². The minimum atomic E-state index is -0.501. The molecule has 0 unspecified atom stereocenters. The predicted octanol–water partition coefficient (Wildman–Crippen LogP) is 3.89. The first-order chi connectivity index (χ1) is 14.5. The summed E-state index contributed by atoms with van der Waals surface area (Å²) in [5.41, 5.74) is 2.47. The first-order valence-electron chi connectivity index (χ1n) is 9.33. The van der Waals surface area contributed by atoms with Gasteiger partial charge >= 0.3 is 11.3 Å². The summed E-state index contributed by atoms with van der Waals surface area (Å²) in [5.74, 6) is 1.48. The van der Waals surface area contributed by atoms with Gasteiger partial charge in [0.1, 0.15) is 22.8 Å². The van der Waals surface area contributed by atoms with Crippen molar-refractivity contribution in [3.63, 3.8) is 0 Å². The number of benzene rings is 2. The monoisotopic (exact) mass is 398 g/mol. The molecular formula is C22H14N4O4. The summed E-state index contributed by atoms with van der Waals surface area (Å²) in [6.07, 6.45) is 3.33. The van der Waals surface area contributed by atoms with E-state index in [0.717, 1.165) is 23.0 Å². The molecule has 0 fully saturated rings. The van der Waals surface area contributed by atoms with Gasteiger partial charge in [0.15, 0.2) is 0 Å². The highest BCUT2D eigenvalue weighted by atomic mass is 16.4. The standard InChI is InChI=1S/C22H14N4O4/c1-9-23-7-15(25-9)11-3-13-19-17(5-11)29-22(28)14-4-12(16-8-24-10(2)26-16)6-18(20(14)19)30-21(13)27/h3-8H,1-2H3,(H,23,25)(H,24,26). The Morgan fingerprint density at radius 3 is 1.50 bits per heavy atom. The summed E-state index contributed by atoms with van der Waals surface area (Å²) in [5, 5.41) is 1.84. The second kappa shape index (κ2) is 5.66. The number of nitrogens with zero attached hydrogens (tertiary/aromatic N) is 2. The Morgan fingerprint density at radius 1 is 0.700 bits per heavy atom. The summed E-state index contributed by atoms with van der Waals surface area (Å²) in [6.45, 7) is 3.67. The maximum absolute atomic E-state index is 12.8. The van der Waals surface area contributed by atoms with Gasteiger partial charge < -0.3 is 18.8 Å². The molecule has 6 aromatic rings. The van der Waals surface area contributed by atoms with Gasteiger partial charge in [-0.25, -0.2) is 19.6 Å². The van der Waals surface area contributed by atoms with Crippen LogP contribution in [0.4, 0.5) is 0 Å². The molecule has 2 N–H and O–H groups in total. The number of nitrogens with one attached hydrogen (secondary N) is 2. The molecule has 0 saturated heterocycles. The van der Waals surface area contributed by atoms with E-state index in [1.807, 2.05) is 13.8 Å². The molecule has 30 heavy (non-hydrogen) atoms. The van der Waals surface area contributed by atoms with E-state index in [1.54, 1.807) is 36.7 Å². The van der Waals surface area contributed by atoms with Gasteiger partial charge in [0.05, 0.1) is 34.6 Å². The van der Waals surface area contributed by atoms with Crippen LogP contribution in [-0.2, 0) is 0 Å². The van der Waals surface area contributed by atoms with Crippen molar-refractivity contribution in [2.24, 2.45) is 0 Å². The highest BCUT2D eigenvalue weighted by molar-refractivity contribution is 6.20. The number of aromatic amines is 2. The Kier molecular flexibility index (Phi) is 3.16. The number of H-pyrrole nitrogens is 2. The molecule has 146 valence electrons. The Labute approximate surface area is 167 Å². The largest absolute Gasteiger partial charge is 0.422 e. The van der Waals surface area contributed by atoms with E-state index in [1.165, 1.54) is 0 Å². The summed E-state index contributed by atoms with van der Waals surface area (Å²) in [7, 11) is 0. The zero-order valence-corrected chi connectivity index (χ0v) is 16.0. The van der Waals surface area contributed by atoms with Crippen molar-refractivity contribution in [2.75, 3.05) is 0 Å². The Bertz CT molecular complexity index is 1590. The van der Waals surface area contributed by atoms with Crippen molar-refractivity contribution in [1.82, 2.24) is 19.9 Å². The smallest absolute Gasteiger partial charge is 0.344 e. The molecule has 0 aliphatic heterocycles. The van der Waals surface area contributed by atoms with Gasteiger partial charge in [-0.1, -0.05) is 0 Å². The third-order valence-corrected chi connectivity index (χ3v) is 5.33. The van der Waals surface area contributed by atoms with Crippen LogP contribution in [0, 0.1) is 13.8 Å². The molecule has 0 aliphatic rings. The van der Waals surface area contributed by atoms with Crippen LogP contribution < -0.4 is 11.3 Å². The highest BCUT2D eigenvalue weighted by Crippen LogP contribution is 2.36. The molecule has 6 rings (SSSR count). The van der Waals surface area contributed by atoms with Gasteiger partial charge in [-0.3, -0.25) is 0 Å². The zero-order valence-electron chi connectivity index (χ0n) is 16.0. The molecule has 0 amide bonds. The molecule has 0 atom stereocenters. The molecule has 0 aliphatic carbocycles. The molecule has 8 nitrogen and oxygen atoms in total. The lowest BCUT2D eigenvalue weighted by Crippen LogP contribution is -2.07. The number of hydrogen-bond donors (Lipinski definition) is 2. The summed E-state index contributed by atoms with van der Waals surface area (Å²) in [4.78, 5) is 40.3. The molecule has 0 spiro atoms. The maximum Gasteiger partial charge on any atom is 0.344 e. The molecule has 0 bridgehead atoms. The quantitative estimate of drug-likeness (QED) is 0.337. The lowest BCUT2D eigenvalue weighted by Gasteiger charge is -2.10. The SMILES string of the molecule is Cc1ncc(-c2cc3oc(=O)c4cc(-c5cnc(C)[nH]5)cc5oc(=O)c(c2)c3c54)[nH]1. The van der Waals surface area contributed by atoms with Gasteiger partial charge in [-0.05, 0) is 38.1 Å². The normalized spacial score (nSPS) is 11.9. The van der Waals surface area contributed by atoms with E-state index >= 15 is 0 Å². The van der Waals surface area contributed by atoms with Crippen LogP contribution in [0.1, 0.15) is 11.6 Å². The van der Waals surface area contributed by atoms with E-state index in [0.29, 0.717) is 43.8 Å². The van der Waals surface area contributed by atoms with Crippen molar-refractivity contribution in [3.8, 4) is 22.5 Å². The molecule has 2 aromatic carbocycles. The van der Waals surface area contributed by atoms with Gasteiger partial charge in [-0.15, -0.1) is 0 Å². The number of aryl methyl sites for hydroxylation is 2. The second-order valence-electron chi connectivity index (χ2n) is 7.34. The first kappa shape index (κ1) is 16.7. The van der Waals surface area contributed by atoms with E-state index in [-0.39, 0.29) is 0 Å². The van der Waals surface area contributed by atoms with Crippen LogP contribution in [-0.4, -0.2) is 19.9 Å². The fraction of sp³-hybridized carbons (Fsp3) is 0.0909. The van der Waals surface area contributed by atoms with E-state index in [2.05, 4.69) is 19.9 Å². The molecule has 0 radical (unpaired) electrons. The predicted molar refractivity (Wildman–Crippen MR) is 112 cm³/mol. The average Bonchev–Trinajstić information content (AvgIpc) is 3.35. The lowest BCUT2D eigenvalue weighted by molar-refractivity contribution is 0.560. The first-order valence-corrected chi connectivity index (χ1v) is 9.33. The molecular weight excluding hydrogens is 384 g/mol. The lowest BCUT2D eigenvalue weighted by atomic mass is 9.98. The molecule has 8 heteroatoms. The molecule has 4 aromatic heterocycles. The summed E-state index contributed by atoms with van der Waals surface area (Å²) >= 11 is 0. The third-order valence-electron chi connectivity index (χ3n) is 5.33. The van der Waals surface area contributed by atoms with Crippen molar-refractivity contribution in [2.45, 2.75) is 13.8 Å². The number of hydrogen-bond acceptors (Lipinski definition) is 6. The second-order valence-corrected chi connectivity index (χ2v) is 7.34. The summed E-state index contributed by atoms with van der Waals surface area (Å²) in [6, 6.07) is 6.93. The molecule has 0 saturated carbocycles. The van der Waals surface area contributed by atoms with E-state index in [9.17, 15) is 9.59 Å². The Balaban J connectivity index is 1.74. The minimum absolute atomic E-state index is 0.329. The Morgan fingerprint density at radius 2 is 1.13 bits per heavy atom. The number of aromatic nitrogens is 4. The fourth-order valence-corrected chi connectivity index (χ4v) is 3.99. The van der Waals surface area contributed by atoms with Crippen LogP contribution in [0.5, 0.6) is 0 Å².